The van der Waals surface area contributed by atoms with Crippen LogP contribution in [-0.2, 0) is 9.53 Å². The number of rotatable bonds is 1. The van der Waals surface area contributed by atoms with Crippen LogP contribution >= 0.6 is 0 Å². The zero-order valence-corrected chi connectivity index (χ0v) is 6.72. The summed E-state index contributed by atoms with van der Waals surface area (Å²) in [7, 11) is 1.53. The molecule has 1 fully saturated rings. The maximum absolute atomic E-state index is 10.4. The van der Waals surface area contributed by atoms with Gasteiger partial charge < -0.3 is 4.74 Å². The topological polar surface area (TPSA) is 52.3 Å². The zero-order valence-electron chi connectivity index (χ0n) is 6.72. The molecule has 0 radical (unpaired) electrons. The van der Waals surface area contributed by atoms with Gasteiger partial charge in [0.15, 0.2) is 0 Å². The molecule has 0 heterocycles. The standard InChI is InChI=1S/C8H13NO2/c1-11-8(9)5-3-2-4-7(8)6-10/h2-5,9H2,1H3. The largest absolute Gasteiger partial charge is 0.359 e. The van der Waals surface area contributed by atoms with Gasteiger partial charge >= 0.3 is 0 Å². The smallest absolute Gasteiger partial charge is 0.149 e. The molecule has 1 aliphatic carbocycles. The number of hydrogen-bond donors (Lipinski definition) is 1. The Labute approximate surface area is 66.2 Å². The molecule has 0 aromatic heterocycles. The summed E-state index contributed by atoms with van der Waals surface area (Å²) in [6.45, 7) is 0. The SMILES string of the molecule is COC1(N)CCCCC1=C=O. The van der Waals surface area contributed by atoms with Gasteiger partial charge in [-0.05, 0) is 25.7 Å². The van der Waals surface area contributed by atoms with Crippen LogP contribution in [0.1, 0.15) is 25.7 Å². The van der Waals surface area contributed by atoms with E-state index in [0.29, 0.717) is 5.57 Å². The highest BCUT2D eigenvalue weighted by atomic mass is 16.5. The molecular weight excluding hydrogens is 142 g/mol. The fourth-order valence-electron chi connectivity index (χ4n) is 1.41. The number of hydrogen-bond acceptors (Lipinski definition) is 3. The van der Waals surface area contributed by atoms with Gasteiger partial charge in [0.1, 0.15) is 11.7 Å². The molecule has 1 unspecified atom stereocenters. The molecule has 0 aromatic rings. The Morgan fingerprint density at radius 2 is 2.36 bits per heavy atom. The lowest BCUT2D eigenvalue weighted by Gasteiger charge is -2.32. The van der Waals surface area contributed by atoms with Crippen LogP contribution in [0.2, 0.25) is 0 Å². The van der Waals surface area contributed by atoms with Crippen molar-refractivity contribution in [1.82, 2.24) is 0 Å². The van der Waals surface area contributed by atoms with E-state index in [1.165, 1.54) is 7.11 Å². The van der Waals surface area contributed by atoms with Crippen LogP contribution in [0.25, 0.3) is 0 Å². The third-order valence-corrected chi connectivity index (χ3v) is 2.22. The highest BCUT2D eigenvalue weighted by Crippen LogP contribution is 2.29. The van der Waals surface area contributed by atoms with Gasteiger partial charge in [-0.3, -0.25) is 5.73 Å². The molecule has 11 heavy (non-hydrogen) atoms. The van der Waals surface area contributed by atoms with Crippen LogP contribution in [0.4, 0.5) is 0 Å². The normalized spacial score (nSPS) is 31.6. The maximum Gasteiger partial charge on any atom is 0.149 e. The van der Waals surface area contributed by atoms with E-state index >= 15 is 0 Å². The molecule has 0 saturated heterocycles. The van der Waals surface area contributed by atoms with E-state index in [4.69, 9.17) is 10.5 Å². The summed E-state index contributed by atoms with van der Waals surface area (Å²) in [6, 6.07) is 0. The minimum Gasteiger partial charge on any atom is -0.359 e. The third kappa shape index (κ3) is 1.51. The van der Waals surface area contributed by atoms with Crippen LogP contribution < -0.4 is 5.73 Å². The maximum atomic E-state index is 10.4. The molecule has 0 aliphatic heterocycles. The van der Waals surface area contributed by atoms with Gasteiger partial charge in [0.25, 0.3) is 0 Å². The second-order valence-corrected chi connectivity index (χ2v) is 2.88. The molecule has 0 bridgehead atoms. The van der Waals surface area contributed by atoms with Crippen molar-refractivity contribution in [1.29, 1.82) is 0 Å². The van der Waals surface area contributed by atoms with Crippen LogP contribution in [0.5, 0.6) is 0 Å². The van der Waals surface area contributed by atoms with Crippen molar-refractivity contribution in [3.8, 4) is 0 Å². The van der Waals surface area contributed by atoms with Gasteiger partial charge in [-0.2, -0.15) is 0 Å². The summed E-state index contributed by atoms with van der Waals surface area (Å²) in [5.41, 5.74) is 5.55. The van der Waals surface area contributed by atoms with E-state index in [9.17, 15) is 4.79 Å². The zero-order chi connectivity index (χ0) is 8.32. The molecule has 0 spiro atoms. The average Bonchev–Trinajstić information content (AvgIpc) is 2.05. The first-order valence-electron chi connectivity index (χ1n) is 3.81. The molecule has 0 aromatic carbocycles. The van der Waals surface area contributed by atoms with Crippen molar-refractivity contribution >= 4 is 5.94 Å². The summed E-state index contributed by atoms with van der Waals surface area (Å²) in [5.74, 6) is 1.86. The quantitative estimate of drug-likeness (QED) is 0.446. The van der Waals surface area contributed by atoms with Crippen molar-refractivity contribution in [3.63, 3.8) is 0 Å². The molecule has 3 nitrogen and oxygen atoms in total. The van der Waals surface area contributed by atoms with Crippen molar-refractivity contribution in [2.45, 2.75) is 31.4 Å². The first kappa shape index (κ1) is 8.47. The Morgan fingerprint density at radius 1 is 1.64 bits per heavy atom. The van der Waals surface area contributed by atoms with Crippen molar-refractivity contribution < 1.29 is 9.53 Å². The number of carbonyl (C=O) groups excluding carboxylic acids is 1. The second kappa shape index (κ2) is 3.18. The van der Waals surface area contributed by atoms with Gasteiger partial charge in [0.05, 0.1) is 5.57 Å². The minimum absolute atomic E-state index is 0.575. The fourth-order valence-corrected chi connectivity index (χ4v) is 1.41. The number of methoxy groups -OCH3 is 1. The summed E-state index contributed by atoms with van der Waals surface area (Å²) in [6.07, 6.45) is 3.50. The van der Waals surface area contributed by atoms with Gasteiger partial charge in [0, 0.05) is 7.11 Å². The van der Waals surface area contributed by atoms with E-state index in [1.807, 2.05) is 5.94 Å². The van der Waals surface area contributed by atoms with Gasteiger partial charge in [-0.25, -0.2) is 4.79 Å². The van der Waals surface area contributed by atoms with Crippen molar-refractivity contribution in [3.05, 3.63) is 5.57 Å². The van der Waals surface area contributed by atoms with E-state index < -0.39 is 5.72 Å². The van der Waals surface area contributed by atoms with E-state index in [2.05, 4.69) is 0 Å². The molecule has 1 aliphatic rings. The first-order valence-corrected chi connectivity index (χ1v) is 3.81. The Hall–Kier alpha value is -0.630. The summed E-state index contributed by atoms with van der Waals surface area (Å²) >= 11 is 0. The highest BCUT2D eigenvalue weighted by Gasteiger charge is 2.32. The predicted molar refractivity (Wildman–Crippen MR) is 41.6 cm³/mol. The number of nitrogens with two attached hydrogens (primary N) is 1. The first-order chi connectivity index (χ1) is 5.23. The van der Waals surface area contributed by atoms with Crippen LogP contribution in [0.15, 0.2) is 5.57 Å². The second-order valence-electron chi connectivity index (χ2n) is 2.88. The molecule has 1 rings (SSSR count). The summed E-state index contributed by atoms with van der Waals surface area (Å²) < 4.78 is 5.06. The number of ether oxygens (including phenoxy) is 1. The lowest BCUT2D eigenvalue weighted by Crippen LogP contribution is -2.45. The monoisotopic (exact) mass is 155 g/mol. The van der Waals surface area contributed by atoms with Crippen molar-refractivity contribution in [2.24, 2.45) is 5.73 Å². The van der Waals surface area contributed by atoms with Gasteiger partial charge in [0.2, 0.25) is 0 Å². The molecule has 62 valence electrons. The van der Waals surface area contributed by atoms with E-state index in [1.54, 1.807) is 0 Å². The van der Waals surface area contributed by atoms with Crippen LogP contribution in [-0.4, -0.2) is 18.8 Å². The minimum atomic E-state index is -0.819. The highest BCUT2D eigenvalue weighted by molar-refractivity contribution is 5.56. The Balaban J connectivity index is 2.82. The van der Waals surface area contributed by atoms with Gasteiger partial charge in [-0.15, -0.1) is 0 Å². The summed E-state index contributed by atoms with van der Waals surface area (Å²) in [5, 5.41) is 0. The summed E-state index contributed by atoms with van der Waals surface area (Å²) in [4.78, 5) is 10.4. The van der Waals surface area contributed by atoms with Gasteiger partial charge in [-0.1, -0.05) is 0 Å². The Morgan fingerprint density at radius 3 is 2.82 bits per heavy atom. The molecule has 1 atom stereocenters. The third-order valence-electron chi connectivity index (χ3n) is 2.22. The molecule has 1 saturated carbocycles. The Kier molecular flexibility index (Phi) is 2.45. The lowest BCUT2D eigenvalue weighted by molar-refractivity contribution is 0.00813. The molecule has 3 heteroatoms. The predicted octanol–water partition coefficient (Wildman–Crippen LogP) is 0.620. The Bertz CT molecular complexity index is 196. The fraction of sp³-hybridized carbons (Fsp3) is 0.750. The molecular formula is C8H13NO2. The van der Waals surface area contributed by atoms with E-state index in [-0.39, 0.29) is 0 Å². The average molecular weight is 155 g/mol. The van der Waals surface area contributed by atoms with E-state index in [0.717, 1.165) is 25.7 Å². The molecule has 2 N–H and O–H groups in total. The molecule has 0 amide bonds. The lowest BCUT2D eigenvalue weighted by atomic mass is 9.88. The van der Waals surface area contributed by atoms with Crippen LogP contribution in [0.3, 0.4) is 0 Å². The van der Waals surface area contributed by atoms with Crippen LogP contribution in [0, 0.1) is 0 Å². The van der Waals surface area contributed by atoms with Crippen molar-refractivity contribution in [2.75, 3.05) is 7.11 Å².